The number of nitrogens with one attached hydrogen (secondary N) is 2. The lowest BCUT2D eigenvalue weighted by Gasteiger charge is -2.06. The van der Waals surface area contributed by atoms with Crippen molar-refractivity contribution < 1.29 is 14.3 Å². The van der Waals surface area contributed by atoms with Crippen molar-refractivity contribution in [3.63, 3.8) is 0 Å². The summed E-state index contributed by atoms with van der Waals surface area (Å²) in [6, 6.07) is 15.0. The van der Waals surface area contributed by atoms with Gasteiger partial charge in [-0.15, -0.1) is 5.10 Å². The summed E-state index contributed by atoms with van der Waals surface area (Å²) in [6.07, 6.45) is 0. The quantitative estimate of drug-likeness (QED) is 0.579. The molecule has 1 heterocycles. The topological polar surface area (TPSA) is 89.1 Å². The number of ether oxygens (including phenoxy) is 2. The maximum atomic E-state index is 12.1. The Balaban J connectivity index is 1.46. The minimum atomic E-state index is -0.143. The van der Waals surface area contributed by atoms with Gasteiger partial charge in [0.2, 0.25) is 11.1 Å². The largest absolute Gasteiger partial charge is 0.497 e. The zero-order chi connectivity index (χ0) is 19.1. The number of anilines is 1. The first-order valence-electron chi connectivity index (χ1n) is 8.30. The number of carbonyl (C=O) groups excluding carboxylic acids is 1. The van der Waals surface area contributed by atoms with Crippen LogP contribution in [-0.4, -0.2) is 34.0 Å². The van der Waals surface area contributed by atoms with Crippen LogP contribution in [0, 0.1) is 6.92 Å². The van der Waals surface area contributed by atoms with Crippen LogP contribution >= 0.6 is 11.8 Å². The predicted octanol–water partition coefficient (Wildman–Crippen LogP) is 3.43. The summed E-state index contributed by atoms with van der Waals surface area (Å²) in [5.74, 6) is 2.13. The van der Waals surface area contributed by atoms with Gasteiger partial charge in [0.1, 0.15) is 18.1 Å². The van der Waals surface area contributed by atoms with E-state index in [1.54, 1.807) is 19.2 Å². The highest BCUT2D eigenvalue weighted by molar-refractivity contribution is 7.99. The molecule has 0 unspecified atom stereocenters. The van der Waals surface area contributed by atoms with E-state index in [1.165, 1.54) is 11.8 Å². The molecule has 140 valence electrons. The summed E-state index contributed by atoms with van der Waals surface area (Å²) in [4.78, 5) is 16.4. The van der Waals surface area contributed by atoms with Crippen LogP contribution in [0.3, 0.4) is 0 Å². The van der Waals surface area contributed by atoms with Gasteiger partial charge < -0.3 is 14.8 Å². The number of benzene rings is 2. The monoisotopic (exact) mass is 384 g/mol. The van der Waals surface area contributed by atoms with Crippen LogP contribution in [0.5, 0.6) is 11.5 Å². The molecule has 7 nitrogen and oxygen atoms in total. The number of H-pyrrole nitrogens is 1. The molecule has 0 aliphatic carbocycles. The molecule has 0 bridgehead atoms. The van der Waals surface area contributed by atoms with Crippen molar-refractivity contribution in [2.45, 2.75) is 18.7 Å². The number of aryl methyl sites for hydroxylation is 1. The Labute approximate surface area is 161 Å². The van der Waals surface area contributed by atoms with Crippen molar-refractivity contribution in [3.8, 4) is 11.5 Å². The van der Waals surface area contributed by atoms with Crippen LogP contribution in [0.15, 0.2) is 53.7 Å². The number of hydrogen-bond acceptors (Lipinski definition) is 6. The van der Waals surface area contributed by atoms with E-state index in [4.69, 9.17) is 9.47 Å². The molecule has 0 aliphatic rings. The minimum Gasteiger partial charge on any atom is -0.497 e. The Kier molecular flexibility index (Phi) is 6.32. The standard InChI is InChI=1S/C19H20N4O3S/c1-13-5-3-8-16(9-13)26-11-17-21-19(23-22-17)27-12-18(24)20-14-6-4-7-15(10-14)25-2/h3-10H,11-12H2,1-2H3,(H,20,24)(H,21,22,23). The van der Waals surface area contributed by atoms with Crippen LogP contribution in [-0.2, 0) is 11.4 Å². The normalized spacial score (nSPS) is 10.4. The zero-order valence-electron chi connectivity index (χ0n) is 15.1. The fourth-order valence-electron chi connectivity index (χ4n) is 2.29. The summed E-state index contributed by atoms with van der Waals surface area (Å²) in [7, 11) is 1.58. The third kappa shape index (κ3) is 5.75. The maximum absolute atomic E-state index is 12.1. The Hall–Kier alpha value is -3.00. The number of nitrogens with zero attached hydrogens (tertiary/aromatic N) is 2. The van der Waals surface area contributed by atoms with Gasteiger partial charge in [-0.25, -0.2) is 4.98 Å². The van der Waals surface area contributed by atoms with Gasteiger partial charge in [-0.1, -0.05) is 30.0 Å². The summed E-state index contributed by atoms with van der Waals surface area (Å²) in [5.41, 5.74) is 1.81. The molecule has 0 atom stereocenters. The van der Waals surface area contributed by atoms with Crippen molar-refractivity contribution in [3.05, 3.63) is 59.9 Å². The number of thioether (sulfide) groups is 1. The van der Waals surface area contributed by atoms with E-state index in [9.17, 15) is 4.79 Å². The van der Waals surface area contributed by atoms with E-state index in [2.05, 4.69) is 20.5 Å². The number of aromatic nitrogens is 3. The third-order valence-corrected chi connectivity index (χ3v) is 4.41. The Morgan fingerprint density at radius 2 is 2.00 bits per heavy atom. The lowest BCUT2D eigenvalue weighted by molar-refractivity contribution is -0.113. The van der Waals surface area contributed by atoms with Gasteiger partial charge in [-0.3, -0.25) is 9.89 Å². The highest BCUT2D eigenvalue weighted by Crippen LogP contribution is 2.18. The summed E-state index contributed by atoms with van der Waals surface area (Å²) >= 11 is 1.25. The van der Waals surface area contributed by atoms with Crippen molar-refractivity contribution in [1.82, 2.24) is 15.2 Å². The van der Waals surface area contributed by atoms with Crippen LogP contribution in [0.1, 0.15) is 11.4 Å². The molecule has 2 aromatic carbocycles. The van der Waals surface area contributed by atoms with E-state index >= 15 is 0 Å². The average molecular weight is 384 g/mol. The molecule has 0 fully saturated rings. The van der Waals surface area contributed by atoms with Gasteiger partial charge >= 0.3 is 0 Å². The first-order valence-corrected chi connectivity index (χ1v) is 9.28. The molecule has 27 heavy (non-hydrogen) atoms. The molecule has 3 rings (SSSR count). The summed E-state index contributed by atoms with van der Waals surface area (Å²) in [5, 5.41) is 10.2. The van der Waals surface area contributed by atoms with Crippen LogP contribution in [0.25, 0.3) is 0 Å². The van der Waals surface area contributed by atoms with Gasteiger partial charge in [0.25, 0.3) is 0 Å². The molecule has 0 saturated heterocycles. The molecule has 0 spiro atoms. The fraction of sp³-hybridized carbons (Fsp3) is 0.211. The highest BCUT2D eigenvalue weighted by atomic mass is 32.2. The molecule has 2 N–H and O–H groups in total. The number of hydrogen-bond donors (Lipinski definition) is 2. The Bertz CT molecular complexity index is 913. The number of rotatable bonds is 8. The molecule has 1 aromatic heterocycles. The van der Waals surface area contributed by atoms with Gasteiger partial charge in [-0.05, 0) is 36.8 Å². The minimum absolute atomic E-state index is 0.143. The lowest BCUT2D eigenvalue weighted by atomic mass is 10.2. The first-order chi connectivity index (χ1) is 13.1. The number of amides is 1. The molecule has 3 aromatic rings. The second-order valence-electron chi connectivity index (χ2n) is 5.74. The Morgan fingerprint density at radius 3 is 2.81 bits per heavy atom. The summed E-state index contributed by atoms with van der Waals surface area (Å²) in [6.45, 7) is 2.29. The molecule has 0 aliphatic heterocycles. The number of methoxy groups -OCH3 is 1. The van der Waals surface area contributed by atoms with Gasteiger partial charge in [0, 0.05) is 11.8 Å². The van der Waals surface area contributed by atoms with E-state index in [-0.39, 0.29) is 18.3 Å². The van der Waals surface area contributed by atoms with E-state index < -0.39 is 0 Å². The van der Waals surface area contributed by atoms with Crippen molar-refractivity contribution in [2.24, 2.45) is 0 Å². The van der Waals surface area contributed by atoms with E-state index in [0.29, 0.717) is 22.4 Å². The fourth-order valence-corrected chi connectivity index (χ4v) is 2.91. The van der Waals surface area contributed by atoms with Crippen LogP contribution in [0.2, 0.25) is 0 Å². The number of carbonyl (C=O) groups is 1. The smallest absolute Gasteiger partial charge is 0.234 e. The van der Waals surface area contributed by atoms with Crippen LogP contribution in [0.4, 0.5) is 5.69 Å². The van der Waals surface area contributed by atoms with Gasteiger partial charge in [0.05, 0.1) is 12.9 Å². The lowest BCUT2D eigenvalue weighted by Crippen LogP contribution is -2.14. The number of aromatic amines is 1. The Morgan fingerprint density at radius 1 is 1.19 bits per heavy atom. The highest BCUT2D eigenvalue weighted by Gasteiger charge is 2.09. The van der Waals surface area contributed by atoms with Crippen molar-refractivity contribution in [2.75, 3.05) is 18.2 Å². The predicted molar refractivity (Wildman–Crippen MR) is 104 cm³/mol. The maximum Gasteiger partial charge on any atom is 0.234 e. The van der Waals surface area contributed by atoms with Gasteiger partial charge in [0.15, 0.2) is 5.82 Å². The van der Waals surface area contributed by atoms with E-state index in [0.717, 1.165) is 11.3 Å². The molecule has 1 amide bonds. The molecule has 8 heteroatoms. The van der Waals surface area contributed by atoms with Crippen molar-refractivity contribution in [1.29, 1.82) is 0 Å². The van der Waals surface area contributed by atoms with E-state index in [1.807, 2.05) is 43.3 Å². The molecule has 0 radical (unpaired) electrons. The first kappa shape index (κ1) is 18.8. The SMILES string of the molecule is COc1cccc(NC(=O)CSc2n[nH]c(COc3cccc(C)c3)n2)c1. The van der Waals surface area contributed by atoms with Crippen molar-refractivity contribution >= 4 is 23.4 Å². The van der Waals surface area contributed by atoms with Crippen LogP contribution < -0.4 is 14.8 Å². The third-order valence-electron chi connectivity index (χ3n) is 3.56. The molecular weight excluding hydrogens is 364 g/mol. The molecular formula is C19H20N4O3S. The summed E-state index contributed by atoms with van der Waals surface area (Å²) < 4.78 is 10.8. The second-order valence-corrected chi connectivity index (χ2v) is 6.68. The average Bonchev–Trinajstić information content (AvgIpc) is 3.13. The second kappa shape index (κ2) is 9.09. The van der Waals surface area contributed by atoms with Gasteiger partial charge in [-0.2, -0.15) is 0 Å². The zero-order valence-corrected chi connectivity index (χ0v) is 15.9. The molecule has 0 saturated carbocycles.